The van der Waals surface area contributed by atoms with Crippen molar-refractivity contribution in [2.24, 2.45) is 31.7 Å². The number of aromatic nitrogens is 1. The molecule has 2 amide bonds. The molecule has 0 saturated heterocycles. The van der Waals surface area contributed by atoms with Crippen molar-refractivity contribution in [1.29, 1.82) is 0 Å². The van der Waals surface area contributed by atoms with Crippen LogP contribution in [-0.2, 0) is 66.7 Å². The van der Waals surface area contributed by atoms with Gasteiger partial charge in [-0.3, -0.25) is 35.4 Å². The first-order valence-corrected chi connectivity index (χ1v) is 26.0. The third-order valence-corrected chi connectivity index (χ3v) is 11.7. The second-order valence-corrected chi connectivity index (χ2v) is 17.4. The van der Waals surface area contributed by atoms with Gasteiger partial charge in [0.2, 0.25) is 0 Å². The number of methoxy groups -OCH3 is 2. The Labute approximate surface area is 500 Å². The van der Waals surface area contributed by atoms with Crippen molar-refractivity contribution in [3.05, 3.63) is 62.6 Å². The van der Waals surface area contributed by atoms with Gasteiger partial charge in [-0.25, -0.2) is 26.3 Å². The maximum atomic E-state index is 11.8. The van der Waals surface area contributed by atoms with Crippen LogP contribution in [0.3, 0.4) is 0 Å². The van der Waals surface area contributed by atoms with Gasteiger partial charge < -0.3 is 62.6 Å². The molecule has 5 rings (SSSR count). The summed E-state index contributed by atoms with van der Waals surface area (Å²) in [4.78, 5) is 67.4. The summed E-state index contributed by atoms with van der Waals surface area (Å²) in [5.74, 6) is 9.70. The summed E-state index contributed by atoms with van der Waals surface area (Å²) >= 11 is 0. The molecule has 8 N–H and O–H groups in total. The summed E-state index contributed by atoms with van der Waals surface area (Å²) in [7, 11) is 3.25. The molecule has 446 valence electrons. The van der Waals surface area contributed by atoms with Gasteiger partial charge in [-0.15, -0.1) is 5.69 Å². The maximum absolute atomic E-state index is 11.8. The van der Waals surface area contributed by atoms with Crippen molar-refractivity contribution >= 4 is 65.4 Å². The van der Waals surface area contributed by atoms with Crippen molar-refractivity contribution in [3.63, 3.8) is 0 Å². The molecule has 4 heterocycles. The normalized spacial score (nSPS) is 14.9. The summed E-state index contributed by atoms with van der Waals surface area (Å²) in [6.07, 6.45) is 8.47. The van der Waals surface area contributed by atoms with Crippen molar-refractivity contribution < 1.29 is 117 Å². The van der Waals surface area contributed by atoms with Crippen LogP contribution >= 0.6 is 0 Å². The second kappa shape index (κ2) is 40.6. The molecule has 1 aromatic carbocycles. The Morgan fingerprint density at radius 3 is 1.56 bits per heavy atom. The van der Waals surface area contributed by atoms with Crippen LogP contribution in [0.1, 0.15) is 89.7 Å². The monoisotopic (exact) mass is 1270 g/mol. The van der Waals surface area contributed by atoms with Gasteiger partial charge in [-0.2, -0.15) is 5.69 Å². The number of carboxylic acids is 2. The van der Waals surface area contributed by atoms with E-state index in [4.69, 9.17) is 104 Å². The Balaban J connectivity index is 0.00000227. The summed E-state index contributed by atoms with van der Waals surface area (Å²) in [5, 5.41) is 14.8. The van der Waals surface area contributed by atoms with Gasteiger partial charge in [0, 0.05) is 80.1 Å². The van der Waals surface area contributed by atoms with Crippen LogP contribution in [0.4, 0.5) is 21.0 Å². The largest absolute Gasteiger partial charge is 0.661 e. The molecule has 0 fully saturated rings. The summed E-state index contributed by atoms with van der Waals surface area (Å²) in [6, 6.07) is 3.33. The number of aliphatic imine (C=N–C) groups is 4. The Kier molecular flexibility index (Phi) is 35.8. The number of amides is 2. The van der Waals surface area contributed by atoms with Gasteiger partial charge in [-0.1, -0.05) is 31.1 Å². The van der Waals surface area contributed by atoms with Gasteiger partial charge in [0.1, 0.15) is 13.2 Å². The molecular formula is C54H80GdN9O16-. The molecule has 25 nitrogen and oxygen atoms in total. The summed E-state index contributed by atoms with van der Waals surface area (Å²) < 4.78 is 55.9. The average Bonchev–Trinajstić information content (AvgIpc) is 4.02. The zero-order chi connectivity index (χ0) is 58.0. The van der Waals surface area contributed by atoms with E-state index in [0.717, 1.165) is 71.6 Å². The molecule has 0 spiro atoms. The number of benzene rings is 1. The number of carbonyl (C=O) groups excluding carboxylic acids is 2. The molecule has 0 aliphatic carbocycles. The molecule has 2 aromatic rings. The topological polar surface area (TPSA) is 341 Å². The minimum absolute atomic E-state index is 0. The number of allylic oxidation sites excluding steroid dienone is 3. The third-order valence-electron chi connectivity index (χ3n) is 11.7. The van der Waals surface area contributed by atoms with Gasteiger partial charge in [0.25, 0.3) is 11.9 Å². The number of hydrogen-bond donors (Lipinski definition) is 6. The van der Waals surface area contributed by atoms with E-state index in [2.05, 4.69) is 19.9 Å². The Morgan fingerprint density at radius 2 is 1.10 bits per heavy atom. The zero-order valence-corrected chi connectivity index (χ0v) is 49.4. The first-order valence-electron chi connectivity index (χ1n) is 26.0. The van der Waals surface area contributed by atoms with Crippen LogP contribution < -0.4 is 37.0 Å². The van der Waals surface area contributed by atoms with Crippen LogP contribution in [-0.4, -0.2) is 171 Å². The predicted molar refractivity (Wildman–Crippen MR) is 297 cm³/mol. The van der Waals surface area contributed by atoms with Crippen LogP contribution in [0, 0.1) is 39.9 Å². The molecule has 1 unspecified atom stereocenters. The second-order valence-electron chi connectivity index (χ2n) is 17.4. The first kappa shape index (κ1) is 70.6. The molecule has 0 radical (unpaired) electrons. The van der Waals surface area contributed by atoms with Crippen LogP contribution in [0.5, 0.6) is 11.5 Å². The van der Waals surface area contributed by atoms with Gasteiger partial charge in [-0.05, 0) is 81.1 Å². The van der Waals surface area contributed by atoms with Crippen LogP contribution in [0.2, 0.25) is 0 Å². The number of aliphatic carboxylic acids is 2. The van der Waals surface area contributed by atoms with E-state index < -0.39 is 24.1 Å². The number of ether oxygens (including phenoxy) is 10. The molecule has 80 heavy (non-hydrogen) atoms. The number of rotatable bonds is 30. The summed E-state index contributed by atoms with van der Waals surface area (Å²) in [6.45, 7) is 15.4. The number of fused-ring (bicyclic) bond motifs is 5. The smallest absolute Gasteiger partial charge is 0.421 e. The number of hydrogen-bond acceptors (Lipinski definition) is 20. The minimum Gasteiger partial charge on any atom is -0.661 e. The van der Waals surface area contributed by atoms with Crippen LogP contribution in [0.15, 0.2) is 60.1 Å². The van der Waals surface area contributed by atoms with Crippen molar-refractivity contribution in [1.82, 2.24) is 15.8 Å². The van der Waals surface area contributed by atoms with E-state index in [1.165, 1.54) is 5.56 Å². The third kappa shape index (κ3) is 25.5. The van der Waals surface area contributed by atoms with Gasteiger partial charge in [0.05, 0.1) is 126 Å². The molecule has 1 aromatic heterocycles. The van der Waals surface area contributed by atoms with Gasteiger partial charge in [0.15, 0.2) is 11.5 Å². The minimum atomic E-state index is -0.833. The van der Waals surface area contributed by atoms with Crippen LogP contribution in [0.25, 0.3) is 6.08 Å². The fourth-order valence-electron chi connectivity index (χ4n) is 8.13. The maximum Gasteiger partial charge on any atom is 0.421 e. The van der Waals surface area contributed by atoms with Crippen molar-refractivity contribution in [2.45, 2.75) is 92.5 Å². The predicted octanol–water partition coefficient (Wildman–Crippen LogP) is 5.74. The number of nitrogens with one attached hydrogen (secondary N) is 2. The van der Waals surface area contributed by atoms with E-state index in [1.54, 1.807) is 38.8 Å². The number of nitrogens with zero attached hydrogens (tertiary/aromatic N) is 5. The summed E-state index contributed by atoms with van der Waals surface area (Å²) in [5.41, 5.74) is 15.2. The Bertz CT molecular complexity index is 2490. The molecule has 6 bridgehead atoms. The number of carbonyl (C=O) groups is 4. The molecular weight excluding hydrogens is 1190 g/mol. The molecule has 3 aliphatic rings. The molecule has 0 saturated carbocycles. The van der Waals surface area contributed by atoms with E-state index >= 15 is 0 Å². The standard InChI is InChI=1S/C50H73N9O12.2C2H4O2.Gd/c1-7-35-36(8-2)40-28-42-38(12-10-14-71-50(61)59-52)34(4)46(57-42)32-54-44-30-48(69-26-24-67-22-20-65-18-16-63-6)47(68-25-23-66-21-19-64-17-15-62-5)29-43(44)53-31-45-33(3)37(11-9-13-70-49(60)58-51)41(56-45)27-39(35)55-40;2*1-2(3)4;/h27,29-32,42H,7-26,28H2,1-6H3,(H7,51,52,53,54,55,56,57,58,59,60,61);2*1H3,(H,3,4);/p-1. The van der Waals surface area contributed by atoms with Crippen molar-refractivity contribution in [3.8, 4) is 11.5 Å². The first-order chi connectivity index (χ1) is 38.1. The number of nitrogens with two attached hydrogens (primary N) is 2. The van der Waals surface area contributed by atoms with Crippen molar-refractivity contribution in [2.75, 3.05) is 107 Å². The Hall–Kier alpha value is -5.52. The number of hydrazine groups is 2. The van der Waals surface area contributed by atoms with Gasteiger partial charge >= 0.3 is 12.2 Å². The number of carboxylic acid groups (broad SMARTS) is 2. The molecule has 1 atom stereocenters. The molecule has 26 heteroatoms. The quantitative estimate of drug-likeness (QED) is 0.0235. The van der Waals surface area contributed by atoms with E-state index in [9.17, 15) is 9.59 Å². The fraction of sp³-hybridized carbons (Fsp3) is 0.556. The van der Waals surface area contributed by atoms with E-state index in [0.29, 0.717) is 132 Å². The average molecular weight is 1270 g/mol. The Morgan fingerprint density at radius 1 is 0.650 bits per heavy atom. The van der Waals surface area contributed by atoms with E-state index in [1.807, 2.05) is 24.7 Å². The zero-order valence-electron chi connectivity index (χ0n) is 47.2. The van der Waals surface area contributed by atoms with E-state index in [-0.39, 0.29) is 72.4 Å². The SMILES string of the molecule is CC(=O)O.CC(=O)O.CCc1c2[n-]c(c1CC)CC1N=C(C=Nc3cc(OCCOCCOCCOC)c(OCCOCCOCCOC)cc3N=CC3=N/C(=C\2)C(CCCOC(=O)NN)=C3C)C(C)=C1CCCOC(=O)NN.[Gd]. The fourth-order valence-corrected chi connectivity index (χ4v) is 8.13. The molecule has 3 aliphatic heterocycles.